The average Bonchev–Trinajstić information content (AvgIpc) is 2.40. The van der Waals surface area contributed by atoms with Gasteiger partial charge >= 0.3 is 0 Å². The van der Waals surface area contributed by atoms with Gasteiger partial charge in [0.25, 0.3) is 5.91 Å². The van der Waals surface area contributed by atoms with Crippen molar-refractivity contribution in [2.24, 2.45) is 5.41 Å². The molecule has 1 saturated heterocycles. The highest BCUT2D eigenvalue weighted by atomic mass is 127. The third-order valence-electron chi connectivity index (χ3n) is 3.55. The second-order valence-electron chi connectivity index (χ2n) is 5.23. The largest absolute Gasteiger partial charge is 0.381 e. The molecule has 0 radical (unpaired) electrons. The molecule has 0 atom stereocenters. The molecule has 1 aromatic rings. The van der Waals surface area contributed by atoms with Crippen molar-refractivity contribution in [3.8, 4) is 0 Å². The molecule has 1 aliphatic rings. The van der Waals surface area contributed by atoms with Crippen molar-refractivity contribution in [2.45, 2.75) is 19.8 Å². The van der Waals surface area contributed by atoms with E-state index in [4.69, 9.17) is 4.74 Å². The van der Waals surface area contributed by atoms with Gasteiger partial charge in [0.05, 0.1) is 5.56 Å². The Hall–Kier alpha value is -0.140. The van der Waals surface area contributed by atoms with Crippen LogP contribution in [-0.2, 0) is 4.74 Å². The Morgan fingerprint density at radius 1 is 1.47 bits per heavy atom. The predicted molar refractivity (Wildman–Crippen MR) is 87.4 cm³/mol. The Morgan fingerprint density at radius 3 is 2.84 bits per heavy atom. The highest BCUT2D eigenvalue weighted by Crippen LogP contribution is 2.29. The number of hydrogen-bond acceptors (Lipinski definition) is 2. The van der Waals surface area contributed by atoms with Crippen LogP contribution < -0.4 is 5.32 Å². The summed E-state index contributed by atoms with van der Waals surface area (Å²) in [6, 6.07) is 5.78. The van der Waals surface area contributed by atoms with Crippen LogP contribution >= 0.6 is 38.5 Å². The van der Waals surface area contributed by atoms with E-state index in [1.807, 2.05) is 18.2 Å². The zero-order chi connectivity index (χ0) is 13.9. The zero-order valence-electron chi connectivity index (χ0n) is 10.8. The number of carbonyl (C=O) groups excluding carboxylic acids is 1. The molecule has 1 aliphatic heterocycles. The van der Waals surface area contributed by atoms with Crippen LogP contribution in [-0.4, -0.2) is 25.7 Å². The van der Waals surface area contributed by atoms with E-state index in [0.29, 0.717) is 12.1 Å². The van der Waals surface area contributed by atoms with Crippen molar-refractivity contribution in [1.82, 2.24) is 5.32 Å². The lowest BCUT2D eigenvalue weighted by molar-refractivity contribution is 0.0238. The smallest absolute Gasteiger partial charge is 0.252 e. The van der Waals surface area contributed by atoms with Gasteiger partial charge in [0, 0.05) is 27.8 Å². The van der Waals surface area contributed by atoms with E-state index in [9.17, 15) is 4.79 Å². The summed E-state index contributed by atoms with van der Waals surface area (Å²) in [7, 11) is 0. The van der Waals surface area contributed by atoms with Gasteiger partial charge in [-0.3, -0.25) is 4.79 Å². The first kappa shape index (κ1) is 15.3. The summed E-state index contributed by atoms with van der Waals surface area (Å²) in [5.41, 5.74) is 0.852. The summed E-state index contributed by atoms with van der Waals surface area (Å²) >= 11 is 5.64. The minimum Gasteiger partial charge on any atom is -0.381 e. The molecular weight excluding hydrogens is 421 g/mol. The normalized spacial score (nSPS) is 18.1. The van der Waals surface area contributed by atoms with Gasteiger partial charge in [0.1, 0.15) is 0 Å². The third-order valence-corrected chi connectivity index (χ3v) is 4.91. The fourth-order valence-electron chi connectivity index (χ4n) is 2.10. The van der Waals surface area contributed by atoms with Crippen LogP contribution in [0.15, 0.2) is 22.7 Å². The Morgan fingerprint density at radius 2 is 2.16 bits per heavy atom. The highest BCUT2D eigenvalue weighted by molar-refractivity contribution is 14.1. The van der Waals surface area contributed by atoms with Crippen LogP contribution in [0.4, 0.5) is 0 Å². The molecule has 1 N–H and O–H groups in total. The molecule has 0 aromatic heterocycles. The SMILES string of the molecule is CC1(CNC(=O)c2cc(I)ccc2Br)CCOCC1. The quantitative estimate of drug-likeness (QED) is 0.733. The Labute approximate surface area is 135 Å². The number of amides is 1. The number of benzene rings is 1. The number of nitrogens with one attached hydrogen (secondary N) is 1. The molecule has 2 rings (SSSR count). The molecule has 1 aromatic carbocycles. The Kier molecular flexibility index (Phi) is 5.25. The molecule has 1 fully saturated rings. The molecule has 0 unspecified atom stereocenters. The van der Waals surface area contributed by atoms with Crippen LogP contribution in [0.25, 0.3) is 0 Å². The van der Waals surface area contributed by atoms with Crippen molar-refractivity contribution in [2.75, 3.05) is 19.8 Å². The van der Waals surface area contributed by atoms with Crippen LogP contribution in [0.3, 0.4) is 0 Å². The summed E-state index contributed by atoms with van der Waals surface area (Å²) in [6.45, 7) is 4.49. The molecule has 104 valence electrons. The molecule has 1 amide bonds. The van der Waals surface area contributed by atoms with E-state index in [2.05, 4.69) is 50.8 Å². The predicted octanol–water partition coefficient (Wildman–Crippen LogP) is 3.60. The lowest BCUT2D eigenvalue weighted by Gasteiger charge is -2.33. The van der Waals surface area contributed by atoms with Crippen molar-refractivity contribution >= 4 is 44.4 Å². The third kappa shape index (κ3) is 4.16. The van der Waals surface area contributed by atoms with Crippen molar-refractivity contribution < 1.29 is 9.53 Å². The molecule has 0 spiro atoms. The number of rotatable bonds is 3. The second kappa shape index (κ2) is 6.54. The molecule has 0 bridgehead atoms. The Bertz CT molecular complexity index is 473. The van der Waals surface area contributed by atoms with E-state index in [1.54, 1.807) is 0 Å². The number of hydrogen-bond donors (Lipinski definition) is 1. The first-order valence-electron chi connectivity index (χ1n) is 6.31. The summed E-state index contributed by atoms with van der Waals surface area (Å²) in [4.78, 5) is 12.2. The van der Waals surface area contributed by atoms with Gasteiger partial charge in [-0.15, -0.1) is 0 Å². The summed E-state index contributed by atoms with van der Waals surface area (Å²) in [5.74, 6) is -0.0156. The molecular formula is C14H17BrINO2. The summed E-state index contributed by atoms with van der Waals surface area (Å²) in [5, 5.41) is 3.05. The maximum absolute atomic E-state index is 12.2. The van der Waals surface area contributed by atoms with E-state index in [1.165, 1.54) is 0 Å². The lowest BCUT2D eigenvalue weighted by Crippen LogP contribution is -2.39. The maximum Gasteiger partial charge on any atom is 0.252 e. The molecule has 3 nitrogen and oxygen atoms in total. The number of carbonyl (C=O) groups is 1. The topological polar surface area (TPSA) is 38.3 Å². The summed E-state index contributed by atoms with van der Waals surface area (Å²) in [6.07, 6.45) is 2.00. The molecule has 5 heteroatoms. The Balaban J connectivity index is 1.99. The van der Waals surface area contributed by atoms with Gasteiger partial charge in [0.2, 0.25) is 0 Å². The van der Waals surface area contributed by atoms with Crippen LogP contribution in [0, 0.1) is 8.99 Å². The molecule has 0 saturated carbocycles. The second-order valence-corrected chi connectivity index (χ2v) is 7.33. The van der Waals surface area contributed by atoms with Crippen LogP contribution in [0.1, 0.15) is 30.1 Å². The van der Waals surface area contributed by atoms with Gasteiger partial charge in [-0.1, -0.05) is 6.92 Å². The van der Waals surface area contributed by atoms with Crippen molar-refractivity contribution in [3.05, 3.63) is 31.8 Å². The van der Waals surface area contributed by atoms with Crippen molar-refractivity contribution in [1.29, 1.82) is 0 Å². The van der Waals surface area contributed by atoms with Gasteiger partial charge in [-0.2, -0.15) is 0 Å². The highest BCUT2D eigenvalue weighted by Gasteiger charge is 2.28. The fraction of sp³-hybridized carbons (Fsp3) is 0.500. The van der Waals surface area contributed by atoms with E-state index in [-0.39, 0.29) is 11.3 Å². The molecule has 1 heterocycles. The first-order valence-corrected chi connectivity index (χ1v) is 8.18. The van der Waals surface area contributed by atoms with E-state index < -0.39 is 0 Å². The van der Waals surface area contributed by atoms with E-state index >= 15 is 0 Å². The molecule has 0 aliphatic carbocycles. The number of ether oxygens (including phenoxy) is 1. The molecule has 19 heavy (non-hydrogen) atoms. The van der Waals surface area contributed by atoms with Crippen LogP contribution in [0.5, 0.6) is 0 Å². The standard InChI is InChI=1S/C14H17BrINO2/c1-14(4-6-19-7-5-14)9-17-13(18)11-8-10(16)2-3-12(11)15/h2-3,8H,4-7,9H2,1H3,(H,17,18). The van der Waals surface area contributed by atoms with Gasteiger partial charge in [-0.25, -0.2) is 0 Å². The fourth-order valence-corrected chi connectivity index (χ4v) is 3.02. The lowest BCUT2D eigenvalue weighted by atomic mass is 9.82. The maximum atomic E-state index is 12.2. The summed E-state index contributed by atoms with van der Waals surface area (Å²) < 4.78 is 7.26. The van der Waals surface area contributed by atoms with Crippen molar-refractivity contribution in [3.63, 3.8) is 0 Å². The number of halogens is 2. The zero-order valence-corrected chi connectivity index (χ0v) is 14.6. The van der Waals surface area contributed by atoms with Crippen LogP contribution in [0.2, 0.25) is 0 Å². The minimum absolute atomic E-state index is 0.0156. The monoisotopic (exact) mass is 437 g/mol. The average molecular weight is 438 g/mol. The van der Waals surface area contributed by atoms with Gasteiger partial charge < -0.3 is 10.1 Å². The van der Waals surface area contributed by atoms with Gasteiger partial charge in [0.15, 0.2) is 0 Å². The van der Waals surface area contributed by atoms with E-state index in [0.717, 1.165) is 34.1 Å². The van der Waals surface area contributed by atoms with Gasteiger partial charge in [-0.05, 0) is 75.0 Å². The first-order chi connectivity index (χ1) is 9.00. The minimum atomic E-state index is -0.0156.